The predicted molar refractivity (Wildman–Crippen MR) is 94.5 cm³/mol. The van der Waals surface area contributed by atoms with Gasteiger partial charge in [0.25, 0.3) is 0 Å². The van der Waals surface area contributed by atoms with Crippen molar-refractivity contribution in [2.45, 2.75) is 90.5 Å². The molecule has 0 aromatic carbocycles. The van der Waals surface area contributed by atoms with Crippen LogP contribution in [0.25, 0.3) is 0 Å². The highest BCUT2D eigenvalue weighted by Gasteiger charge is 2.47. The number of esters is 1. The summed E-state index contributed by atoms with van der Waals surface area (Å²) in [5.74, 6) is -0.217. The Labute approximate surface area is 137 Å². The maximum absolute atomic E-state index is 11.1. The van der Waals surface area contributed by atoms with Crippen LogP contribution in [0.1, 0.15) is 67.7 Å². The van der Waals surface area contributed by atoms with Crippen LogP contribution in [0, 0.1) is 0 Å². The number of allylic oxidation sites excluding steroid dienone is 1. The molecule has 3 nitrogen and oxygen atoms in total. The molecule has 22 heavy (non-hydrogen) atoms. The normalized spacial score (nSPS) is 19.7. The highest BCUT2D eigenvalue weighted by Crippen LogP contribution is 2.44. The van der Waals surface area contributed by atoms with E-state index in [1.54, 1.807) is 0 Å². The van der Waals surface area contributed by atoms with Crippen LogP contribution in [0.15, 0.2) is 11.6 Å². The third-order valence-corrected chi connectivity index (χ3v) is 11.1. The van der Waals surface area contributed by atoms with Crippen molar-refractivity contribution >= 4 is 14.3 Å². The topological polar surface area (TPSA) is 35.5 Å². The molecule has 1 atom stereocenters. The molecule has 0 saturated carbocycles. The van der Waals surface area contributed by atoms with Crippen LogP contribution in [0.3, 0.4) is 0 Å². The minimum absolute atomic E-state index is 0.131. The molecular formula is C18H34O3Si. The van der Waals surface area contributed by atoms with Gasteiger partial charge in [0.15, 0.2) is 0 Å². The molecule has 1 unspecified atom stereocenters. The van der Waals surface area contributed by atoms with Gasteiger partial charge < -0.3 is 9.16 Å². The van der Waals surface area contributed by atoms with Crippen molar-refractivity contribution in [3.05, 3.63) is 11.6 Å². The average molecular weight is 327 g/mol. The van der Waals surface area contributed by atoms with E-state index < -0.39 is 8.32 Å². The molecule has 0 amide bonds. The summed E-state index contributed by atoms with van der Waals surface area (Å²) in [6, 6.07) is 0. The zero-order chi connectivity index (χ0) is 16.9. The molecule has 0 fully saturated rings. The van der Waals surface area contributed by atoms with Crippen LogP contribution in [-0.2, 0) is 14.0 Å². The van der Waals surface area contributed by atoms with Gasteiger partial charge in [0, 0.05) is 6.92 Å². The number of hydrogen-bond donors (Lipinski definition) is 0. The van der Waals surface area contributed by atoms with Gasteiger partial charge in [-0.3, -0.25) is 4.79 Å². The van der Waals surface area contributed by atoms with Gasteiger partial charge in [0.05, 0.1) is 6.10 Å². The molecule has 128 valence electrons. The van der Waals surface area contributed by atoms with Crippen LogP contribution >= 0.6 is 0 Å². The van der Waals surface area contributed by atoms with E-state index in [2.05, 4.69) is 47.6 Å². The van der Waals surface area contributed by atoms with E-state index in [1.165, 1.54) is 12.5 Å². The Morgan fingerprint density at radius 1 is 1.18 bits per heavy atom. The summed E-state index contributed by atoms with van der Waals surface area (Å²) >= 11 is 0. The molecule has 0 saturated heterocycles. The molecule has 0 aliphatic heterocycles. The lowest BCUT2D eigenvalue weighted by atomic mass is 9.97. The maximum atomic E-state index is 11.1. The quantitative estimate of drug-likeness (QED) is 0.365. The van der Waals surface area contributed by atoms with Crippen LogP contribution in [0.5, 0.6) is 0 Å². The van der Waals surface area contributed by atoms with Crippen molar-refractivity contribution in [3.63, 3.8) is 0 Å². The van der Waals surface area contributed by atoms with Gasteiger partial charge in [0.1, 0.15) is 6.61 Å². The second-order valence-electron chi connectivity index (χ2n) is 7.41. The van der Waals surface area contributed by atoms with E-state index in [-0.39, 0.29) is 12.1 Å². The Kier molecular flexibility index (Phi) is 7.33. The maximum Gasteiger partial charge on any atom is 0.302 e. The zero-order valence-electron chi connectivity index (χ0n) is 15.4. The Bertz CT molecular complexity index is 377. The molecule has 1 aliphatic rings. The number of rotatable bonds is 7. The van der Waals surface area contributed by atoms with Crippen LogP contribution in [0.2, 0.25) is 16.6 Å². The third kappa shape index (κ3) is 4.45. The lowest BCUT2D eigenvalue weighted by molar-refractivity contribution is -0.140. The standard InChI is InChI=1S/C18H34O3Si/c1-13(2)22(14(3)4,15(5)6)21-18-11-9-8-10-17(18)12-20-16(7)19/h10,13-15,18H,8-9,11-12H2,1-7H3. The van der Waals surface area contributed by atoms with Crippen LogP contribution < -0.4 is 0 Å². The van der Waals surface area contributed by atoms with Crippen molar-refractivity contribution in [3.8, 4) is 0 Å². The fourth-order valence-electron chi connectivity index (χ4n) is 4.03. The fourth-order valence-corrected chi connectivity index (χ4v) is 9.61. The summed E-state index contributed by atoms with van der Waals surface area (Å²) in [5, 5.41) is 0. The van der Waals surface area contributed by atoms with E-state index in [0.29, 0.717) is 23.2 Å². The van der Waals surface area contributed by atoms with Gasteiger partial charge in [-0.15, -0.1) is 0 Å². The van der Waals surface area contributed by atoms with E-state index in [1.807, 2.05) is 0 Å². The predicted octanol–water partition coefficient (Wildman–Crippen LogP) is 5.22. The minimum atomic E-state index is -1.89. The summed E-state index contributed by atoms with van der Waals surface area (Å²) in [5.41, 5.74) is 2.89. The molecule has 0 aromatic rings. The Balaban J connectivity index is 2.97. The van der Waals surface area contributed by atoms with E-state index in [0.717, 1.165) is 19.3 Å². The smallest absolute Gasteiger partial charge is 0.302 e. The van der Waals surface area contributed by atoms with Crippen LogP contribution in [-0.4, -0.2) is 27.0 Å². The molecular weight excluding hydrogens is 292 g/mol. The van der Waals surface area contributed by atoms with Crippen LogP contribution in [0.4, 0.5) is 0 Å². The second kappa shape index (κ2) is 8.30. The van der Waals surface area contributed by atoms with Gasteiger partial charge in [-0.05, 0) is 41.5 Å². The molecule has 0 bridgehead atoms. The van der Waals surface area contributed by atoms with Crippen molar-refractivity contribution < 1.29 is 14.0 Å². The largest absolute Gasteiger partial charge is 0.461 e. The zero-order valence-corrected chi connectivity index (χ0v) is 16.4. The summed E-state index contributed by atoms with van der Waals surface area (Å²) in [4.78, 5) is 11.1. The molecule has 0 N–H and O–H groups in total. The van der Waals surface area contributed by atoms with Gasteiger partial charge >= 0.3 is 5.97 Å². The molecule has 0 spiro atoms. The number of ether oxygens (including phenoxy) is 1. The second-order valence-corrected chi connectivity index (χ2v) is 12.8. The third-order valence-electron chi connectivity index (χ3n) is 4.99. The summed E-state index contributed by atoms with van der Waals surface area (Å²) in [6.45, 7) is 15.7. The Morgan fingerprint density at radius 2 is 1.73 bits per heavy atom. The summed E-state index contributed by atoms with van der Waals surface area (Å²) in [6.07, 6.45) is 5.63. The average Bonchev–Trinajstić information content (AvgIpc) is 2.42. The lowest BCUT2D eigenvalue weighted by Crippen LogP contribution is -2.51. The monoisotopic (exact) mass is 326 g/mol. The van der Waals surface area contributed by atoms with Gasteiger partial charge in [-0.25, -0.2) is 0 Å². The van der Waals surface area contributed by atoms with Crippen molar-refractivity contribution in [1.29, 1.82) is 0 Å². The first-order valence-corrected chi connectivity index (χ1v) is 10.9. The lowest BCUT2D eigenvalue weighted by Gasteiger charge is -2.45. The van der Waals surface area contributed by atoms with Gasteiger partial charge in [-0.1, -0.05) is 47.6 Å². The molecule has 1 aliphatic carbocycles. The van der Waals surface area contributed by atoms with Gasteiger partial charge in [0.2, 0.25) is 8.32 Å². The Hall–Kier alpha value is -0.613. The van der Waals surface area contributed by atoms with E-state index in [4.69, 9.17) is 9.16 Å². The highest BCUT2D eigenvalue weighted by molar-refractivity contribution is 6.77. The highest BCUT2D eigenvalue weighted by atomic mass is 28.4. The molecule has 1 rings (SSSR count). The SMILES string of the molecule is CC(=O)OCC1=CCCCC1O[Si](C(C)C)(C(C)C)C(C)C. The Morgan fingerprint density at radius 3 is 2.18 bits per heavy atom. The summed E-state index contributed by atoms with van der Waals surface area (Å²) < 4.78 is 12.1. The number of hydrogen-bond acceptors (Lipinski definition) is 3. The number of carbonyl (C=O) groups excluding carboxylic acids is 1. The molecule has 4 heteroatoms. The van der Waals surface area contributed by atoms with Crippen molar-refractivity contribution in [1.82, 2.24) is 0 Å². The first-order valence-electron chi connectivity index (χ1n) is 8.71. The fraction of sp³-hybridized carbons (Fsp3) is 0.833. The summed E-state index contributed by atoms with van der Waals surface area (Å²) in [7, 11) is -1.89. The molecule has 0 aromatic heterocycles. The van der Waals surface area contributed by atoms with E-state index >= 15 is 0 Å². The minimum Gasteiger partial charge on any atom is -0.461 e. The van der Waals surface area contributed by atoms with Gasteiger partial charge in [-0.2, -0.15) is 0 Å². The van der Waals surface area contributed by atoms with Crippen molar-refractivity contribution in [2.24, 2.45) is 0 Å². The molecule has 0 radical (unpaired) electrons. The first-order chi connectivity index (χ1) is 10.2. The van der Waals surface area contributed by atoms with E-state index in [9.17, 15) is 4.79 Å². The first kappa shape index (κ1) is 19.4. The molecule has 0 heterocycles. The van der Waals surface area contributed by atoms with Crippen molar-refractivity contribution in [2.75, 3.05) is 6.61 Å². The number of carbonyl (C=O) groups is 1.